The van der Waals surface area contributed by atoms with Crippen LogP contribution in [0.1, 0.15) is 67.2 Å². The lowest BCUT2D eigenvalue weighted by atomic mass is 10.1. The van der Waals surface area contributed by atoms with E-state index in [1.807, 2.05) is 24.3 Å². The third-order valence-corrected chi connectivity index (χ3v) is 6.20. The van der Waals surface area contributed by atoms with Gasteiger partial charge in [0.15, 0.2) is 0 Å². The van der Waals surface area contributed by atoms with Gasteiger partial charge in [0, 0.05) is 48.2 Å². The van der Waals surface area contributed by atoms with E-state index in [0.29, 0.717) is 17.4 Å². The van der Waals surface area contributed by atoms with Gasteiger partial charge in [0.2, 0.25) is 5.78 Å². The minimum atomic E-state index is -0.320. The average molecular weight is 458 g/mol. The number of carbonyl (C=O) groups is 1. The van der Waals surface area contributed by atoms with Crippen molar-refractivity contribution in [2.45, 2.75) is 58.2 Å². The van der Waals surface area contributed by atoms with Gasteiger partial charge >= 0.3 is 0 Å². The molecule has 0 atom stereocenters. The van der Waals surface area contributed by atoms with Crippen molar-refractivity contribution in [3.63, 3.8) is 0 Å². The van der Waals surface area contributed by atoms with Crippen LogP contribution in [0.5, 0.6) is 0 Å². The lowest BCUT2D eigenvalue weighted by molar-refractivity contribution is 0.104. The monoisotopic (exact) mass is 457 g/mol. The maximum atomic E-state index is 12.9. The fourth-order valence-corrected chi connectivity index (χ4v) is 3.91. The van der Waals surface area contributed by atoms with Crippen molar-refractivity contribution in [1.82, 2.24) is 19.9 Å². The summed E-state index contributed by atoms with van der Waals surface area (Å²) in [5, 5.41) is 3.48. The number of rotatable bonds is 10. The number of carbonyl (C=O) groups excluding carboxylic acids is 1. The van der Waals surface area contributed by atoms with Crippen LogP contribution in [-0.4, -0.2) is 26.4 Å². The largest absolute Gasteiger partial charge is 0.398 e. The molecule has 34 heavy (non-hydrogen) atoms. The van der Waals surface area contributed by atoms with E-state index in [4.69, 9.17) is 5.73 Å². The number of hydrogen-bond acceptors (Lipinski definition) is 6. The number of aromatic nitrogens is 3. The summed E-state index contributed by atoms with van der Waals surface area (Å²) in [6.45, 7) is 4.95. The Hall–Kier alpha value is -3.58. The molecular weight excluding hydrogens is 426 g/mol. The van der Waals surface area contributed by atoms with Gasteiger partial charge in [0.05, 0.1) is 18.1 Å². The SMILES string of the molecule is CCC(CC)n1cc(-c2cncc(C(=O)C=C(N)c3ccc(CNC4CC4)cc3)n2)ccc1=O. The van der Waals surface area contributed by atoms with Crippen LogP contribution < -0.4 is 16.6 Å². The molecule has 1 aliphatic rings. The first-order chi connectivity index (χ1) is 16.5. The first kappa shape index (κ1) is 23.6. The molecule has 2 aromatic heterocycles. The second-order valence-corrected chi connectivity index (χ2v) is 8.74. The number of benzene rings is 1. The Kier molecular flexibility index (Phi) is 7.33. The average Bonchev–Trinajstić information content (AvgIpc) is 3.69. The molecule has 176 valence electrons. The number of allylic oxidation sites excluding steroid dienone is 1. The highest BCUT2D eigenvalue weighted by molar-refractivity contribution is 6.07. The molecule has 4 rings (SSSR count). The second kappa shape index (κ2) is 10.6. The second-order valence-electron chi connectivity index (χ2n) is 8.74. The van der Waals surface area contributed by atoms with Crippen LogP contribution in [0.4, 0.5) is 0 Å². The van der Waals surface area contributed by atoms with Gasteiger partial charge in [0.1, 0.15) is 5.69 Å². The molecule has 1 aromatic carbocycles. The van der Waals surface area contributed by atoms with E-state index in [9.17, 15) is 9.59 Å². The summed E-state index contributed by atoms with van der Waals surface area (Å²) >= 11 is 0. The summed E-state index contributed by atoms with van der Waals surface area (Å²) in [5.74, 6) is -0.320. The molecule has 7 heteroatoms. The van der Waals surface area contributed by atoms with E-state index in [-0.39, 0.29) is 23.1 Å². The number of ketones is 1. The first-order valence-corrected chi connectivity index (χ1v) is 11.9. The maximum absolute atomic E-state index is 12.9. The van der Waals surface area contributed by atoms with Crippen molar-refractivity contribution in [1.29, 1.82) is 0 Å². The van der Waals surface area contributed by atoms with E-state index in [0.717, 1.165) is 30.5 Å². The van der Waals surface area contributed by atoms with Gasteiger partial charge < -0.3 is 15.6 Å². The summed E-state index contributed by atoms with van der Waals surface area (Å²) in [7, 11) is 0. The Bertz CT molecular complexity index is 1240. The van der Waals surface area contributed by atoms with Gasteiger partial charge in [-0.15, -0.1) is 0 Å². The van der Waals surface area contributed by atoms with Crippen LogP contribution in [0.15, 0.2) is 65.9 Å². The number of nitrogens with one attached hydrogen (secondary N) is 1. The Morgan fingerprint density at radius 1 is 1.15 bits per heavy atom. The van der Waals surface area contributed by atoms with Crippen molar-refractivity contribution < 1.29 is 4.79 Å². The molecule has 0 aliphatic heterocycles. The Balaban J connectivity index is 1.52. The minimum absolute atomic E-state index is 0.0531. The number of pyridine rings is 1. The van der Waals surface area contributed by atoms with Gasteiger partial charge in [-0.3, -0.25) is 14.6 Å². The lowest BCUT2D eigenvalue weighted by Crippen LogP contribution is -2.23. The molecule has 0 bridgehead atoms. The fourth-order valence-electron chi connectivity index (χ4n) is 3.91. The molecule has 0 spiro atoms. The van der Waals surface area contributed by atoms with Crippen LogP contribution in [-0.2, 0) is 6.54 Å². The quantitative estimate of drug-likeness (QED) is 0.351. The predicted molar refractivity (Wildman–Crippen MR) is 134 cm³/mol. The van der Waals surface area contributed by atoms with E-state index < -0.39 is 0 Å². The molecule has 0 unspecified atom stereocenters. The van der Waals surface area contributed by atoms with Crippen LogP contribution in [0.25, 0.3) is 17.0 Å². The van der Waals surface area contributed by atoms with Crippen LogP contribution in [0, 0.1) is 0 Å². The zero-order valence-electron chi connectivity index (χ0n) is 19.7. The first-order valence-electron chi connectivity index (χ1n) is 11.9. The molecular formula is C27H31N5O2. The zero-order valence-corrected chi connectivity index (χ0v) is 19.7. The van der Waals surface area contributed by atoms with E-state index in [2.05, 4.69) is 29.1 Å². The summed E-state index contributed by atoms with van der Waals surface area (Å²) in [6, 6.07) is 11.9. The standard InChI is InChI=1S/C27H31N5O2/c1-3-22(4-2)32-17-20(9-12-27(32)34)24-15-29-16-25(31-24)26(33)13-23(28)19-7-5-18(6-8-19)14-30-21-10-11-21/h5-9,12-13,15-17,21-22,30H,3-4,10-11,14,28H2,1-2H3. The molecule has 3 N–H and O–H groups in total. The number of hydrogen-bond donors (Lipinski definition) is 2. The van der Waals surface area contributed by atoms with Crippen molar-refractivity contribution >= 4 is 11.5 Å². The van der Waals surface area contributed by atoms with Crippen molar-refractivity contribution in [3.05, 3.63) is 88.2 Å². The Morgan fingerprint density at radius 2 is 1.88 bits per heavy atom. The number of nitrogens with zero attached hydrogens (tertiary/aromatic N) is 3. The molecule has 3 aromatic rings. The lowest BCUT2D eigenvalue weighted by Gasteiger charge is -2.17. The van der Waals surface area contributed by atoms with E-state index in [1.54, 1.807) is 23.0 Å². The summed E-state index contributed by atoms with van der Waals surface area (Å²) in [6.07, 6.45) is 10.4. The van der Waals surface area contributed by atoms with Gasteiger partial charge in [-0.2, -0.15) is 0 Å². The fraction of sp³-hybridized carbons (Fsp3) is 0.333. The molecule has 0 saturated heterocycles. The third-order valence-electron chi connectivity index (χ3n) is 6.20. The molecule has 0 radical (unpaired) electrons. The highest BCUT2D eigenvalue weighted by atomic mass is 16.1. The van der Waals surface area contributed by atoms with Gasteiger partial charge in [-0.25, -0.2) is 4.98 Å². The van der Waals surface area contributed by atoms with Gasteiger partial charge in [0.25, 0.3) is 5.56 Å². The summed E-state index contributed by atoms with van der Waals surface area (Å²) < 4.78 is 1.73. The zero-order chi connectivity index (χ0) is 24.1. The molecule has 0 amide bonds. The number of nitrogens with two attached hydrogens (primary N) is 1. The highest BCUT2D eigenvalue weighted by Gasteiger charge is 2.19. The molecule has 1 fully saturated rings. The Labute approximate surface area is 199 Å². The summed E-state index contributed by atoms with van der Waals surface area (Å²) in [4.78, 5) is 33.9. The topological polar surface area (TPSA) is 103 Å². The van der Waals surface area contributed by atoms with Gasteiger partial charge in [-0.1, -0.05) is 38.1 Å². The maximum Gasteiger partial charge on any atom is 0.250 e. The third kappa shape index (κ3) is 5.66. The van der Waals surface area contributed by atoms with Crippen LogP contribution in [0.2, 0.25) is 0 Å². The van der Waals surface area contributed by atoms with Crippen LogP contribution >= 0.6 is 0 Å². The molecule has 1 aliphatic carbocycles. The minimum Gasteiger partial charge on any atom is -0.398 e. The predicted octanol–water partition coefficient (Wildman–Crippen LogP) is 4.10. The molecule has 2 heterocycles. The van der Waals surface area contributed by atoms with E-state index in [1.165, 1.54) is 36.7 Å². The molecule has 7 nitrogen and oxygen atoms in total. The Morgan fingerprint density at radius 3 is 2.56 bits per heavy atom. The normalized spacial score (nSPS) is 13.9. The van der Waals surface area contributed by atoms with Crippen LogP contribution in [0.3, 0.4) is 0 Å². The smallest absolute Gasteiger partial charge is 0.250 e. The van der Waals surface area contributed by atoms with Crippen molar-refractivity contribution in [2.24, 2.45) is 5.73 Å². The van der Waals surface area contributed by atoms with Gasteiger partial charge in [-0.05, 0) is 42.9 Å². The van der Waals surface area contributed by atoms with Crippen molar-refractivity contribution in [3.8, 4) is 11.3 Å². The van der Waals surface area contributed by atoms with E-state index >= 15 is 0 Å². The highest BCUT2D eigenvalue weighted by Crippen LogP contribution is 2.21. The summed E-state index contributed by atoms with van der Waals surface area (Å²) in [5.41, 5.74) is 9.96. The molecule has 1 saturated carbocycles. The van der Waals surface area contributed by atoms with Crippen molar-refractivity contribution in [2.75, 3.05) is 0 Å².